The van der Waals surface area contributed by atoms with E-state index in [1.807, 2.05) is 0 Å². The van der Waals surface area contributed by atoms with Crippen LogP contribution < -0.4 is 5.32 Å². The SMILES string of the molecule is CCN1CCC(CNC(=O)CCCCBr)CC1. The Kier molecular flexibility index (Phi) is 7.86. The summed E-state index contributed by atoms with van der Waals surface area (Å²) in [6.45, 7) is 6.64. The number of carbonyl (C=O) groups is 1. The molecule has 1 fully saturated rings. The Morgan fingerprint density at radius 2 is 2.06 bits per heavy atom. The molecular formula is C13H25BrN2O. The van der Waals surface area contributed by atoms with Crippen molar-refractivity contribution in [3.05, 3.63) is 0 Å². The summed E-state index contributed by atoms with van der Waals surface area (Å²) in [4.78, 5) is 14.0. The van der Waals surface area contributed by atoms with E-state index in [1.54, 1.807) is 0 Å². The highest BCUT2D eigenvalue weighted by Gasteiger charge is 2.18. The Balaban J connectivity index is 2.04. The number of nitrogens with zero attached hydrogens (tertiary/aromatic N) is 1. The summed E-state index contributed by atoms with van der Waals surface area (Å²) in [5, 5.41) is 4.07. The van der Waals surface area contributed by atoms with Crippen molar-refractivity contribution < 1.29 is 4.79 Å². The normalized spacial score (nSPS) is 18.2. The average molecular weight is 305 g/mol. The highest BCUT2D eigenvalue weighted by molar-refractivity contribution is 9.09. The van der Waals surface area contributed by atoms with Gasteiger partial charge >= 0.3 is 0 Å². The first-order valence-corrected chi connectivity index (χ1v) is 7.93. The topological polar surface area (TPSA) is 32.3 Å². The smallest absolute Gasteiger partial charge is 0.220 e. The van der Waals surface area contributed by atoms with Gasteiger partial charge in [0.15, 0.2) is 0 Å². The van der Waals surface area contributed by atoms with Gasteiger partial charge < -0.3 is 10.2 Å². The number of unbranched alkanes of at least 4 members (excludes halogenated alkanes) is 1. The predicted octanol–water partition coefficient (Wildman–Crippen LogP) is 2.40. The number of carbonyl (C=O) groups excluding carboxylic acids is 1. The van der Waals surface area contributed by atoms with E-state index in [4.69, 9.17) is 0 Å². The summed E-state index contributed by atoms with van der Waals surface area (Å²) in [6, 6.07) is 0. The fourth-order valence-corrected chi connectivity index (χ4v) is 2.63. The van der Waals surface area contributed by atoms with Crippen molar-refractivity contribution in [1.82, 2.24) is 10.2 Å². The van der Waals surface area contributed by atoms with Crippen LogP contribution in [-0.4, -0.2) is 42.3 Å². The minimum atomic E-state index is 0.226. The maximum Gasteiger partial charge on any atom is 0.220 e. The van der Waals surface area contributed by atoms with Crippen LogP contribution in [0.5, 0.6) is 0 Å². The molecule has 0 bridgehead atoms. The van der Waals surface area contributed by atoms with Crippen LogP contribution in [0.1, 0.15) is 39.0 Å². The summed E-state index contributed by atoms with van der Waals surface area (Å²) < 4.78 is 0. The monoisotopic (exact) mass is 304 g/mol. The molecule has 0 aromatic rings. The second kappa shape index (κ2) is 8.92. The van der Waals surface area contributed by atoms with Crippen molar-refractivity contribution in [3.63, 3.8) is 0 Å². The number of piperidine rings is 1. The first-order valence-electron chi connectivity index (χ1n) is 6.81. The van der Waals surface area contributed by atoms with Gasteiger partial charge in [-0.15, -0.1) is 0 Å². The van der Waals surface area contributed by atoms with Gasteiger partial charge in [-0.05, 0) is 51.2 Å². The number of hydrogen-bond donors (Lipinski definition) is 1. The van der Waals surface area contributed by atoms with Crippen LogP contribution in [0.3, 0.4) is 0 Å². The molecule has 0 spiro atoms. The molecule has 0 aliphatic carbocycles. The van der Waals surface area contributed by atoms with E-state index in [1.165, 1.54) is 25.9 Å². The van der Waals surface area contributed by atoms with Crippen molar-refractivity contribution in [3.8, 4) is 0 Å². The molecule has 1 saturated heterocycles. The lowest BCUT2D eigenvalue weighted by molar-refractivity contribution is -0.121. The Morgan fingerprint density at radius 1 is 1.35 bits per heavy atom. The molecule has 1 aliphatic rings. The minimum absolute atomic E-state index is 0.226. The summed E-state index contributed by atoms with van der Waals surface area (Å²) in [5.41, 5.74) is 0. The number of likely N-dealkylation sites (tertiary alicyclic amines) is 1. The van der Waals surface area contributed by atoms with Crippen LogP contribution in [0.15, 0.2) is 0 Å². The van der Waals surface area contributed by atoms with Crippen molar-refractivity contribution >= 4 is 21.8 Å². The fraction of sp³-hybridized carbons (Fsp3) is 0.923. The van der Waals surface area contributed by atoms with Crippen molar-refractivity contribution in [1.29, 1.82) is 0 Å². The van der Waals surface area contributed by atoms with Crippen LogP contribution in [0.25, 0.3) is 0 Å². The van der Waals surface area contributed by atoms with E-state index in [2.05, 4.69) is 33.1 Å². The first kappa shape index (κ1) is 15.0. The van der Waals surface area contributed by atoms with Crippen LogP contribution in [0, 0.1) is 5.92 Å². The second-order valence-corrected chi connectivity index (χ2v) is 5.62. The molecule has 1 rings (SSSR count). The molecule has 0 atom stereocenters. The van der Waals surface area contributed by atoms with E-state index >= 15 is 0 Å². The number of rotatable bonds is 7. The van der Waals surface area contributed by atoms with E-state index in [0.717, 1.165) is 31.3 Å². The summed E-state index contributed by atoms with van der Waals surface area (Å²) >= 11 is 3.38. The second-order valence-electron chi connectivity index (χ2n) is 4.83. The maximum absolute atomic E-state index is 11.5. The van der Waals surface area contributed by atoms with Gasteiger partial charge in [0.05, 0.1) is 0 Å². The zero-order valence-electron chi connectivity index (χ0n) is 10.9. The largest absolute Gasteiger partial charge is 0.356 e. The molecule has 100 valence electrons. The van der Waals surface area contributed by atoms with E-state index in [-0.39, 0.29) is 5.91 Å². The van der Waals surface area contributed by atoms with Gasteiger partial charge in [-0.3, -0.25) is 4.79 Å². The predicted molar refractivity (Wildman–Crippen MR) is 75.5 cm³/mol. The van der Waals surface area contributed by atoms with Gasteiger partial charge in [0.25, 0.3) is 0 Å². The van der Waals surface area contributed by atoms with Crippen LogP contribution in [-0.2, 0) is 4.79 Å². The van der Waals surface area contributed by atoms with Crippen LogP contribution >= 0.6 is 15.9 Å². The number of halogens is 1. The Bertz CT molecular complexity index is 215. The number of alkyl halides is 1. The third kappa shape index (κ3) is 6.41. The summed E-state index contributed by atoms with van der Waals surface area (Å²) in [6.07, 6.45) is 5.22. The summed E-state index contributed by atoms with van der Waals surface area (Å²) in [7, 11) is 0. The maximum atomic E-state index is 11.5. The molecule has 1 aliphatic heterocycles. The number of amides is 1. The van der Waals surface area contributed by atoms with Gasteiger partial charge in [0.1, 0.15) is 0 Å². The van der Waals surface area contributed by atoms with Gasteiger partial charge in [-0.1, -0.05) is 22.9 Å². The molecule has 0 radical (unpaired) electrons. The molecule has 1 amide bonds. The lowest BCUT2D eigenvalue weighted by Gasteiger charge is -2.31. The number of hydrogen-bond acceptors (Lipinski definition) is 2. The summed E-state index contributed by atoms with van der Waals surface area (Å²) in [5.74, 6) is 0.918. The zero-order chi connectivity index (χ0) is 12.5. The molecule has 0 aromatic heterocycles. The lowest BCUT2D eigenvalue weighted by atomic mass is 9.97. The first-order chi connectivity index (χ1) is 8.26. The van der Waals surface area contributed by atoms with Gasteiger partial charge in [0, 0.05) is 18.3 Å². The third-order valence-electron chi connectivity index (χ3n) is 3.53. The minimum Gasteiger partial charge on any atom is -0.356 e. The van der Waals surface area contributed by atoms with Crippen molar-refractivity contribution in [2.45, 2.75) is 39.0 Å². The third-order valence-corrected chi connectivity index (χ3v) is 4.09. The zero-order valence-corrected chi connectivity index (χ0v) is 12.5. The van der Waals surface area contributed by atoms with Gasteiger partial charge in [-0.25, -0.2) is 0 Å². The van der Waals surface area contributed by atoms with E-state index in [9.17, 15) is 4.79 Å². The molecule has 0 unspecified atom stereocenters. The van der Waals surface area contributed by atoms with Crippen LogP contribution in [0.4, 0.5) is 0 Å². The highest BCUT2D eigenvalue weighted by Crippen LogP contribution is 2.15. The standard InChI is InChI=1S/C13H25BrN2O/c1-2-16-9-6-12(7-10-16)11-15-13(17)5-3-4-8-14/h12H,2-11H2,1H3,(H,15,17). The van der Waals surface area contributed by atoms with Gasteiger partial charge in [0.2, 0.25) is 5.91 Å². The number of nitrogens with one attached hydrogen (secondary N) is 1. The molecule has 1 heterocycles. The Hall–Kier alpha value is -0.0900. The van der Waals surface area contributed by atoms with Crippen molar-refractivity contribution in [2.24, 2.45) is 5.92 Å². The lowest BCUT2D eigenvalue weighted by Crippen LogP contribution is -2.38. The van der Waals surface area contributed by atoms with Gasteiger partial charge in [-0.2, -0.15) is 0 Å². The molecule has 0 aromatic carbocycles. The van der Waals surface area contributed by atoms with Crippen LogP contribution in [0.2, 0.25) is 0 Å². The fourth-order valence-electron chi connectivity index (χ4n) is 2.23. The average Bonchev–Trinajstić information content (AvgIpc) is 2.37. The van der Waals surface area contributed by atoms with E-state index in [0.29, 0.717) is 12.3 Å². The molecule has 17 heavy (non-hydrogen) atoms. The van der Waals surface area contributed by atoms with E-state index < -0.39 is 0 Å². The molecule has 1 N–H and O–H groups in total. The quantitative estimate of drug-likeness (QED) is 0.579. The molecule has 4 heteroatoms. The Labute approximate surface area is 113 Å². The molecular weight excluding hydrogens is 280 g/mol. The molecule has 0 saturated carbocycles. The Morgan fingerprint density at radius 3 is 2.65 bits per heavy atom. The van der Waals surface area contributed by atoms with Crippen molar-refractivity contribution in [2.75, 3.05) is 31.5 Å². The molecule has 3 nitrogen and oxygen atoms in total. The highest BCUT2D eigenvalue weighted by atomic mass is 79.9.